The molecule has 0 spiro atoms. The summed E-state index contributed by atoms with van der Waals surface area (Å²) in [6.45, 7) is 2.10. The highest BCUT2D eigenvalue weighted by Crippen LogP contribution is 2.24. The number of hydrogen-bond donors (Lipinski definition) is 1. The summed E-state index contributed by atoms with van der Waals surface area (Å²) in [5.41, 5.74) is 1.27. The van der Waals surface area contributed by atoms with Gasteiger partial charge in [-0.05, 0) is 35.0 Å². The summed E-state index contributed by atoms with van der Waals surface area (Å²) in [6.07, 6.45) is 1.78. The van der Waals surface area contributed by atoms with Crippen LogP contribution < -0.4 is 5.32 Å². The van der Waals surface area contributed by atoms with E-state index >= 15 is 0 Å². The molecule has 0 fully saturated rings. The predicted octanol–water partition coefficient (Wildman–Crippen LogP) is 3.88. The average Bonchev–Trinajstić information content (AvgIpc) is 2.38. The van der Waals surface area contributed by atoms with Crippen molar-refractivity contribution in [3.05, 3.63) is 46.3 Å². The number of hydrogen-bond acceptors (Lipinski definition) is 4. The molecule has 18 heavy (non-hydrogen) atoms. The lowest BCUT2D eigenvalue weighted by molar-refractivity contribution is 1.02. The molecule has 94 valence electrons. The molecule has 1 heterocycles. The van der Waals surface area contributed by atoms with Crippen LogP contribution in [0.25, 0.3) is 0 Å². The molecular formula is C13H14BrN3S. The molecule has 2 aromatic rings. The molecule has 1 aromatic heterocycles. The third kappa shape index (κ3) is 3.46. The molecule has 0 saturated heterocycles. The Morgan fingerprint density at radius 3 is 2.94 bits per heavy atom. The highest BCUT2D eigenvalue weighted by atomic mass is 79.9. The lowest BCUT2D eigenvalue weighted by Crippen LogP contribution is -1.99. The van der Waals surface area contributed by atoms with Crippen molar-refractivity contribution in [2.24, 2.45) is 0 Å². The predicted molar refractivity (Wildman–Crippen MR) is 80.0 cm³/mol. The first-order valence-corrected chi connectivity index (χ1v) is 7.35. The third-order valence-electron chi connectivity index (χ3n) is 2.39. The van der Waals surface area contributed by atoms with Gasteiger partial charge in [0.15, 0.2) is 0 Å². The van der Waals surface area contributed by atoms with Crippen molar-refractivity contribution >= 4 is 33.5 Å². The minimum Gasteiger partial charge on any atom is -0.372 e. The van der Waals surface area contributed by atoms with E-state index in [0.29, 0.717) is 0 Å². The molecule has 0 aliphatic carbocycles. The molecule has 0 amide bonds. The maximum atomic E-state index is 4.44. The van der Waals surface area contributed by atoms with E-state index in [1.165, 1.54) is 10.5 Å². The molecule has 0 aliphatic heterocycles. The van der Waals surface area contributed by atoms with Crippen molar-refractivity contribution in [1.29, 1.82) is 0 Å². The fraction of sp³-hybridized carbons (Fsp3) is 0.231. The van der Waals surface area contributed by atoms with Gasteiger partial charge in [0, 0.05) is 18.1 Å². The third-order valence-corrected chi connectivity index (χ3v) is 3.96. The first-order valence-electron chi connectivity index (χ1n) is 5.57. The number of nitrogens with zero attached hydrogens (tertiary/aromatic N) is 2. The zero-order valence-corrected chi connectivity index (χ0v) is 12.7. The summed E-state index contributed by atoms with van der Waals surface area (Å²) in [4.78, 5) is 9.99. The van der Waals surface area contributed by atoms with Gasteiger partial charge in [-0.3, -0.25) is 0 Å². The maximum absolute atomic E-state index is 4.44. The molecule has 3 nitrogen and oxygen atoms in total. The van der Waals surface area contributed by atoms with Gasteiger partial charge in [0.1, 0.15) is 11.6 Å². The first kappa shape index (κ1) is 13.4. The number of nitrogens with one attached hydrogen (secondary N) is 1. The van der Waals surface area contributed by atoms with E-state index in [1.54, 1.807) is 18.0 Å². The number of aromatic nitrogens is 2. The zero-order valence-electron chi connectivity index (χ0n) is 10.3. The topological polar surface area (TPSA) is 37.8 Å². The SMILES string of the molecule is CNc1nc(CSc2cccc(C)c2)ncc1Br. The molecule has 5 heteroatoms. The molecule has 2 rings (SSSR count). The Labute approximate surface area is 120 Å². The monoisotopic (exact) mass is 323 g/mol. The number of thioether (sulfide) groups is 1. The van der Waals surface area contributed by atoms with Crippen molar-refractivity contribution in [3.8, 4) is 0 Å². The normalized spacial score (nSPS) is 10.4. The molecule has 0 atom stereocenters. The lowest BCUT2D eigenvalue weighted by atomic mass is 10.2. The van der Waals surface area contributed by atoms with Crippen LogP contribution >= 0.6 is 27.7 Å². The van der Waals surface area contributed by atoms with E-state index in [1.807, 2.05) is 7.05 Å². The molecule has 0 unspecified atom stereocenters. The summed E-state index contributed by atoms with van der Waals surface area (Å²) in [5, 5.41) is 3.04. The van der Waals surface area contributed by atoms with Crippen molar-refractivity contribution in [2.75, 3.05) is 12.4 Å². The van der Waals surface area contributed by atoms with Crippen LogP contribution in [0.3, 0.4) is 0 Å². The quantitative estimate of drug-likeness (QED) is 0.866. The van der Waals surface area contributed by atoms with Gasteiger partial charge in [0.2, 0.25) is 0 Å². The van der Waals surface area contributed by atoms with E-state index < -0.39 is 0 Å². The van der Waals surface area contributed by atoms with Crippen molar-refractivity contribution in [2.45, 2.75) is 17.6 Å². The minimum atomic E-state index is 0.769. The Morgan fingerprint density at radius 1 is 1.39 bits per heavy atom. The summed E-state index contributed by atoms with van der Waals surface area (Å²) in [6, 6.07) is 8.44. The van der Waals surface area contributed by atoms with Gasteiger partial charge in [0.25, 0.3) is 0 Å². The van der Waals surface area contributed by atoms with E-state index in [9.17, 15) is 0 Å². The fourth-order valence-corrected chi connectivity index (χ4v) is 2.77. The number of benzene rings is 1. The Hall–Kier alpha value is -1.07. The number of anilines is 1. The Bertz CT molecular complexity index is 546. The van der Waals surface area contributed by atoms with Gasteiger partial charge in [-0.2, -0.15) is 0 Å². The molecule has 1 N–H and O–H groups in total. The Morgan fingerprint density at radius 2 is 2.22 bits per heavy atom. The van der Waals surface area contributed by atoms with Crippen LogP contribution in [-0.2, 0) is 5.75 Å². The standard InChI is InChI=1S/C13H14BrN3S/c1-9-4-3-5-10(6-9)18-8-12-16-7-11(14)13(15-2)17-12/h3-7H,8H2,1-2H3,(H,15,16,17). The summed E-state index contributed by atoms with van der Waals surface area (Å²) in [5.74, 6) is 2.42. The Balaban J connectivity index is 2.06. The second-order valence-corrected chi connectivity index (χ2v) is 5.74. The van der Waals surface area contributed by atoms with Crippen molar-refractivity contribution < 1.29 is 0 Å². The van der Waals surface area contributed by atoms with Crippen LogP contribution in [0.4, 0.5) is 5.82 Å². The van der Waals surface area contributed by atoms with Crippen LogP contribution in [0.5, 0.6) is 0 Å². The second kappa shape index (κ2) is 6.20. The van der Waals surface area contributed by atoms with Gasteiger partial charge < -0.3 is 5.32 Å². The average molecular weight is 324 g/mol. The highest BCUT2D eigenvalue weighted by molar-refractivity contribution is 9.10. The summed E-state index contributed by atoms with van der Waals surface area (Å²) >= 11 is 5.15. The lowest BCUT2D eigenvalue weighted by Gasteiger charge is -2.05. The molecule has 1 aromatic carbocycles. The van der Waals surface area contributed by atoms with Crippen molar-refractivity contribution in [1.82, 2.24) is 9.97 Å². The number of rotatable bonds is 4. The number of aryl methyl sites for hydroxylation is 1. The number of halogens is 1. The van der Waals surface area contributed by atoms with E-state index in [2.05, 4.69) is 62.4 Å². The fourth-order valence-electron chi connectivity index (χ4n) is 1.50. The van der Waals surface area contributed by atoms with Gasteiger partial charge in [0.05, 0.1) is 10.2 Å². The highest BCUT2D eigenvalue weighted by Gasteiger charge is 2.04. The van der Waals surface area contributed by atoms with Crippen LogP contribution in [0.2, 0.25) is 0 Å². The summed E-state index contributed by atoms with van der Waals surface area (Å²) in [7, 11) is 1.85. The first-order chi connectivity index (χ1) is 8.69. The van der Waals surface area contributed by atoms with Crippen LogP contribution in [0, 0.1) is 6.92 Å². The Kier molecular flexibility index (Phi) is 4.60. The van der Waals surface area contributed by atoms with E-state index in [0.717, 1.165) is 21.9 Å². The van der Waals surface area contributed by atoms with Gasteiger partial charge >= 0.3 is 0 Å². The zero-order chi connectivity index (χ0) is 13.0. The van der Waals surface area contributed by atoms with Crippen LogP contribution in [-0.4, -0.2) is 17.0 Å². The van der Waals surface area contributed by atoms with Gasteiger partial charge in [-0.1, -0.05) is 17.7 Å². The van der Waals surface area contributed by atoms with E-state index in [4.69, 9.17) is 0 Å². The minimum absolute atomic E-state index is 0.769. The molecule has 0 aliphatic rings. The van der Waals surface area contributed by atoms with Crippen molar-refractivity contribution in [3.63, 3.8) is 0 Å². The van der Waals surface area contributed by atoms with E-state index in [-0.39, 0.29) is 0 Å². The largest absolute Gasteiger partial charge is 0.372 e. The smallest absolute Gasteiger partial charge is 0.143 e. The van der Waals surface area contributed by atoms with Gasteiger partial charge in [-0.25, -0.2) is 9.97 Å². The second-order valence-electron chi connectivity index (χ2n) is 3.84. The molecular weight excluding hydrogens is 310 g/mol. The molecule has 0 saturated carbocycles. The van der Waals surface area contributed by atoms with Gasteiger partial charge in [-0.15, -0.1) is 11.8 Å². The molecule has 0 radical (unpaired) electrons. The van der Waals surface area contributed by atoms with Crippen LogP contribution in [0.1, 0.15) is 11.4 Å². The van der Waals surface area contributed by atoms with Crippen LogP contribution in [0.15, 0.2) is 39.8 Å². The molecule has 0 bridgehead atoms. The maximum Gasteiger partial charge on any atom is 0.143 e. The summed E-state index contributed by atoms with van der Waals surface area (Å²) < 4.78 is 0.884.